The van der Waals surface area contributed by atoms with Crippen molar-refractivity contribution in [1.82, 2.24) is 10.6 Å². The normalized spacial score (nSPS) is 17.1. The molecule has 0 bridgehead atoms. The Morgan fingerprint density at radius 3 is 2.29 bits per heavy atom. The largest absolute Gasteiger partial charge is 0.358 e. The molecule has 2 amide bonds. The van der Waals surface area contributed by atoms with Crippen LogP contribution in [0.15, 0.2) is 0 Å². The molecule has 2 N–H and O–H groups in total. The lowest BCUT2D eigenvalue weighted by Gasteiger charge is -2.38. The fraction of sp³-hybridized carbons (Fsp3) is 0.846. The lowest BCUT2D eigenvalue weighted by molar-refractivity contribution is -0.149. The van der Waals surface area contributed by atoms with Gasteiger partial charge in [-0.3, -0.25) is 9.59 Å². The minimum Gasteiger partial charge on any atom is -0.358 e. The third kappa shape index (κ3) is 3.20. The van der Waals surface area contributed by atoms with Gasteiger partial charge in [-0.2, -0.15) is 0 Å². The molecule has 0 aliphatic heterocycles. The molecule has 0 unspecified atom stereocenters. The molecule has 0 spiro atoms. The number of unbranched alkanes of at least 4 members (excludes halogenated alkanes) is 3. The van der Waals surface area contributed by atoms with Crippen LogP contribution in [0.1, 0.15) is 51.9 Å². The maximum atomic E-state index is 12.0. The minimum absolute atomic E-state index is 0.0837. The van der Waals surface area contributed by atoms with Gasteiger partial charge in [0.25, 0.3) is 0 Å². The van der Waals surface area contributed by atoms with Crippen LogP contribution in [0.5, 0.6) is 0 Å². The molecule has 4 nitrogen and oxygen atoms in total. The molecule has 0 radical (unpaired) electrons. The van der Waals surface area contributed by atoms with Gasteiger partial charge in [-0.15, -0.1) is 0 Å². The van der Waals surface area contributed by atoms with E-state index in [0.717, 1.165) is 19.3 Å². The quantitative estimate of drug-likeness (QED) is 0.524. The molecule has 0 aromatic rings. The van der Waals surface area contributed by atoms with Crippen LogP contribution in [-0.4, -0.2) is 25.4 Å². The summed E-state index contributed by atoms with van der Waals surface area (Å²) in [5, 5.41) is 5.50. The first-order valence-corrected chi connectivity index (χ1v) is 6.68. The van der Waals surface area contributed by atoms with E-state index in [1.807, 2.05) is 0 Å². The number of amides is 2. The van der Waals surface area contributed by atoms with Gasteiger partial charge in [0.1, 0.15) is 5.41 Å². The van der Waals surface area contributed by atoms with E-state index >= 15 is 0 Å². The Morgan fingerprint density at radius 2 is 1.82 bits per heavy atom. The first-order valence-electron chi connectivity index (χ1n) is 6.68. The van der Waals surface area contributed by atoms with Crippen LogP contribution in [-0.2, 0) is 9.59 Å². The highest BCUT2D eigenvalue weighted by atomic mass is 16.2. The van der Waals surface area contributed by atoms with Crippen molar-refractivity contribution in [1.29, 1.82) is 0 Å². The van der Waals surface area contributed by atoms with E-state index in [9.17, 15) is 9.59 Å². The lowest BCUT2D eigenvalue weighted by Crippen LogP contribution is -2.54. The summed E-state index contributed by atoms with van der Waals surface area (Å²) in [6, 6.07) is 0. The molecular formula is C13H24N2O2. The summed E-state index contributed by atoms with van der Waals surface area (Å²) in [6.45, 7) is 2.85. The Hall–Kier alpha value is -1.06. The van der Waals surface area contributed by atoms with Gasteiger partial charge in [0.15, 0.2) is 0 Å². The van der Waals surface area contributed by atoms with Gasteiger partial charge >= 0.3 is 0 Å². The van der Waals surface area contributed by atoms with Crippen molar-refractivity contribution in [2.75, 3.05) is 13.6 Å². The van der Waals surface area contributed by atoms with Crippen LogP contribution in [0.3, 0.4) is 0 Å². The van der Waals surface area contributed by atoms with Crippen LogP contribution in [0.25, 0.3) is 0 Å². The fourth-order valence-electron chi connectivity index (χ4n) is 2.25. The van der Waals surface area contributed by atoms with Crippen LogP contribution >= 0.6 is 0 Å². The van der Waals surface area contributed by atoms with Crippen molar-refractivity contribution in [3.8, 4) is 0 Å². The van der Waals surface area contributed by atoms with E-state index in [2.05, 4.69) is 17.6 Å². The number of hydrogen-bond donors (Lipinski definition) is 2. The third-order valence-corrected chi connectivity index (χ3v) is 3.62. The van der Waals surface area contributed by atoms with Crippen molar-refractivity contribution < 1.29 is 9.59 Å². The van der Waals surface area contributed by atoms with E-state index in [1.165, 1.54) is 12.8 Å². The van der Waals surface area contributed by atoms with Gasteiger partial charge in [0.05, 0.1) is 0 Å². The summed E-state index contributed by atoms with van der Waals surface area (Å²) in [5.41, 5.74) is -0.764. The number of nitrogens with one attached hydrogen (secondary N) is 2. The molecule has 4 heteroatoms. The molecule has 1 aliphatic carbocycles. The Labute approximate surface area is 104 Å². The highest BCUT2D eigenvalue weighted by molar-refractivity contribution is 6.05. The van der Waals surface area contributed by atoms with Gasteiger partial charge in [-0.25, -0.2) is 0 Å². The predicted molar refractivity (Wildman–Crippen MR) is 67.5 cm³/mol. The molecule has 17 heavy (non-hydrogen) atoms. The van der Waals surface area contributed by atoms with Gasteiger partial charge < -0.3 is 10.6 Å². The second kappa shape index (κ2) is 6.62. The Morgan fingerprint density at radius 1 is 1.12 bits per heavy atom. The monoisotopic (exact) mass is 240 g/mol. The molecule has 0 heterocycles. The zero-order chi connectivity index (χ0) is 12.7. The molecule has 1 fully saturated rings. The highest BCUT2D eigenvalue weighted by Gasteiger charge is 2.50. The van der Waals surface area contributed by atoms with E-state index in [0.29, 0.717) is 19.4 Å². The smallest absolute Gasteiger partial charge is 0.235 e. The van der Waals surface area contributed by atoms with E-state index in [1.54, 1.807) is 7.05 Å². The van der Waals surface area contributed by atoms with E-state index in [4.69, 9.17) is 0 Å². The molecule has 98 valence electrons. The number of carbonyl (C=O) groups excluding carboxylic acids is 2. The first kappa shape index (κ1) is 14.0. The Balaban J connectivity index is 2.32. The Kier molecular flexibility index (Phi) is 5.45. The molecule has 1 rings (SSSR count). The van der Waals surface area contributed by atoms with Crippen molar-refractivity contribution in [3.63, 3.8) is 0 Å². The Bertz CT molecular complexity index is 273. The molecule has 0 atom stereocenters. The van der Waals surface area contributed by atoms with Gasteiger partial charge in [0, 0.05) is 13.6 Å². The van der Waals surface area contributed by atoms with Crippen molar-refractivity contribution >= 4 is 11.8 Å². The van der Waals surface area contributed by atoms with Gasteiger partial charge in [-0.1, -0.05) is 32.6 Å². The van der Waals surface area contributed by atoms with Crippen molar-refractivity contribution in [2.24, 2.45) is 5.41 Å². The van der Waals surface area contributed by atoms with Crippen molar-refractivity contribution in [2.45, 2.75) is 51.9 Å². The lowest BCUT2D eigenvalue weighted by atomic mass is 9.67. The average Bonchev–Trinajstić information content (AvgIpc) is 2.27. The molecule has 0 saturated heterocycles. The second-order valence-corrected chi connectivity index (χ2v) is 4.83. The number of hydrogen-bond acceptors (Lipinski definition) is 2. The number of carbonyl (C=O) groups is 2. The fourth-order valence-corrected chi connectivity index (χ4v) is 2.25. The maximum Gasteiger partial charge on any atom is 0.235 e. The van der Waals surface area contributed by atoms with Crippen LogP contribution in [0.4, 0.5) is 0 Å². The molecule has 1 aliphatic rings. The topological polar surface area (TPSA) is 58.2 Å². The van der Waals surface area contributed by atoms with Crippen molar-refractivity contribution in [3.05, 3.63) is 0 Å². The summed E-state index contributed by atoms with van der Waals surface area (Å²) in [7, 11) is 1.59. The van der Waals surface area contributed by atoms with Crippen LogP contribution in [0.2, 0.25) is 0 Å². The van der Waals surface area contributed by atoms with Crippen LogP contribution in [0, 0.1) is 5.41 Å². The average molecular weight is 240 g/mol. The van der Waals surface area contributed by atoms with Gasteiger partial charge in [0.2, 0.25) is 11.8 Å². The summed E-state index contributed by atoms with van der Waals surface area (Å²) in [4.78, 5) is 23.7. The molecule has 0 aromatic heterocycles. The summed E-state index contributed by atoms with van der Waals surface area (Å²) in [5.74, 6) is -0.214. The predicted octanol–water partition coefficient (Wildman–Crippen LogP) is 1.60. The number of rotatable bonds is 7. The van der Waals surface area contributed by atoms with E-state index in [-0.39, 0.29) is 11.8 Å². The molecule has 1 saturated carbocycles. The maximum absolute atomic E-state index is 12.0. The first-order chi connectivity index (χ1) is 8.17. The third-order valence-electron chi connectivity index (χ3n) is 3.62. The zero-order valence-electron chi connectivity index (χ0n) is 11.0. The summed E-state index contributed by atoms with van der Waals surface area (Å²) < 4.78 is 0. The van der Waals surface area contributed by atoms with Gasteiger partial charge in [-0.05, 0) is 19.3 Å². The zero-order valence-corrected chi connectivity index (χ0v) is 11.0. The standard InChI is InChI=1S/C13H24N2O2/c1-3-4-5-6-10-15-12(17)13(8-7-9-13)11(16)14-2/h3-10H2,1-2H3,(H,14,16)(H,15,17). The second-order valence-electron chi connectivity index (χ2n) is 4.83. The highest BCUT2D eigenvalue weighted by Crippen LogP contribution is 2.41. The molecular weight excluding hydrogens is 216 g/mol. The molecule has 0 aromatic carbocycles. The summed E-state index contributed by atoms with van der Waals surface area (Å²) in [6.07, 6.45) is 6.89. The summed E-state index contributed by atoms with van der Waals surface area (Å²) >= 11 is 0. The SMILES string of the molecule is CCCCCCNC(=O)C1(C(=O)NC)CCC1. The minimum atomic E-state index is -0.764. The van der Waals surface area contributed by atoms with E-state index < -0.39 is 5.41 Å². The van der Waals surface area contributed by atoms with Crippen LogP contribution < -0.4 is 10.6 Å².